The van der Waals surface area contributed by atoms with Crippen LogP contribution in [0.3, 0.4) is 0 Å². The number of piperidine rings is 1. The van der Waals surface area contributed by atoms with Crippen molar-refractivity contribution in [2.45, 2.75) is 30.3 Å². The molecular formula is C22H25ClN2OS. The molecule has 1 N–H and O–H groups in total. The van der Waals surface area contributed by atoms with E-state index in [1.807, 2.05) is 30.3 Å². The van der Waals surface area contributed by atoms with Gasteiger partial charge in [0.2, 0.25) is 5.91 Å². The number of thioether (sulfide) groups is 1. The van der Waals surface area contributed by atoms with E-state index in [-0.39, 0.29) is 11.9 Å². The maximum Gasteiger partial charge on any atom is 0.244 e. The van der Waals surface area contributed by atoms with Crippen LogP contribution >= 0.6 is 23.4 Å². The Kier molecular flexibility index (Phi) is 7.39. The second kappa shape index (κ2) is 9.98. The van der Waals surface area contributed by atoms with Gasteiger partial charge in [0.25, 0.3) is 0 Å². The number of hydrogen-bond donors (Lipinski definition) is 1. The number of halogens is 1. The summed E-state index contributed by atoms with van der Waals surface area (Å²) in [5, 5.41) is 3.90. The van der Waals surface area contributed by atoms with Gasteiger partial charge in [-0.15, -0.1) is 11.8 Å². The molecule has 0 aliphatic carbocycles. The van der Waals surface area contributed by atoms with Crippen LogP contribution in [-0.2, 0) is 11.3 Å². The van der Waals surface area contributed by atoms with Crippen molar-refractivity contribution in [2.75, 3.05) is 19.3 Å². The number of likely N-dealkylation sites (tertiary alicyclic amines) is 1. The summed E-state index contributed by atoms with van der Waals surface area (Å²) in [6, 6.07) is 16.5. The van der Waals surface area contributed by atoms with E-state index in [9.17, 15) is 4.79 Å². The number of carbonyl (C=O) groups excluding carboxylic acids is 1. The van der Waals surface area contributed by atoms with Gasteiger partial charge in [-0.2, -0.15) is 0 Å². The molecule has 1 heterocycles. The molecule has 2 aromatic carbocycles. The molecule has 5 heteroatoms. The minimum atomic E-state index is -0.0138. The Hall–Kier alpha value is -1.75. The fourth-order valence-corrected chi connectivity index (χ4v) is 3.75. The average molecular weight is 401 g/mol. The molecule has 0 atom stereocenters. The third-order valence-electron chi connectivity index (χ3n) is 4.80. The molecule has 1 aliphatic heterocycles. The lowest BCUT2D eigenvalue weighted by molar-refractivity contribution is -0.117. The summed E-state index contributed by atoms with van der Waals surface area (Å²) in [5.74, 6) is -0.0138. The molecule has 1 saturated heterocycles. The minimum Gasteiger partial charge on any atom is -0.350 e. The first kappa shape index (κ1) is 20.0. The molecule has 1 fully saturated rings. The number of nitrogens with zero attached hydrogens (tertiary/aromatic N) is 1. The van der Waals surface area contributed by atoms with E-state index < -0.39 is 0 Å². The molecule has 142 valence electrons. The average Bonchev–Trinajstić information content (AvgIpc) is 2.70. The molecule has 0 spiro atoms. The molecule has 1 aliphatic rings. The predicted octanol–water partition coefficient (Wildman–Crippen LogP) is 4.86. The molecule has 0 aromatic heterocycles. The van der Waals surface area contributed by atoms with Gasteiger partial charge in [0, 0.05) is 41.7 Å². The Morgan fingerprint density at radius 1 is 1.15 bits per heavy atom. The number of carbonyl (C=O) groups is 1. The third kappa shape index (κ3) is 6.42. The third-order valence-corrected chi connectivity index (χ3v) is 5.79. The van der Waals surface area contributed by atoms with Gasteiger partial charge in [0.15, 0.2) is 0 Å². The number of benzene rings is 2. The van der Waals surface area contributed by atoms with Crippen molar-refractivity contribution in [3.63, 3.8) is 0 Å². The number of nitrogens with one attached hydrogen (secondary N) is 1. The number of amides is 1. The number of rotatable bonds is 6. The second-order valence-electron chi connectivity index (χ2n) is 6.79. The SMILES string of the molecule is CSc1ccc(/C=C/C(=O)NC2CCN(Cc3ccc(Cl)cc3)CC2)cc1. The summed E-state index contributed by atoms with van der Waals surface area (Å²) in [6.07, 6.45) is 7.52. The molecule has 0 radical (unpaired) electrons. The summed E-state index contributed by atoms with van der Waals surface area (Å²) in [7, 11) is 0. The highest BCUT2D eigenvalue weighted by Gasteiger charge is 2.20. The van der Waals surface area contributed by atoms with E-state index >= 15 is 0 Å². The van der Waals surface area contributed by atoms with Gasteiger partial charge in [-0.25, -0.2) is 0 Å². The van der Waals surface area contributed by atoms with E-state index in [2.05, 4.69) is 40.7 Å². The zero-order valence-electron chi connectivity index (χ0n) is 15.5. The van der Waals surface area contributed by atoms with Gasteiger partial charge >= 0.3 is 0 Å². The summed E-state index contributed by atoms with van der Waals surface area (Å²) in [5.41, 5.74) is 2.32. The smallest absolute Gasteiger partial charge is 0.244 e. The van der Waals surface area contributed by atoms with Crippen LogP contribution in [0.5, 0.6) is 0 Å². The monoisotopic (exact) mass is 400 g/mol. The van der Waals surface area contributed by atoms with Crippen molar-refractivity contribution in [1.82, 2.24) is 10.2 Å². The van der Waals surface area contributed by atoms with Crippen LogP contribution in [0.15, 0.2) is 59.5 Å². The number of hydrogen-bond acceptors (Lipinski definition) is 3. The maximum atomic E-state index is 12.2. The fraction of sp³-hybridized carbons (Fsp3) is 0.318. The molecule has 0 bridgehead atoms. The predicted molar refractivity (Wildman–Crippen MR) is 115 cm³/mol. The van der Waals surface area contributed by atoms with Crippen LogP contribution in [0.4, 0.5) is 0 Å². The van der Waals surface area contributed by atoms with Gasteiger partial charge < -0.3 is 5.32 Å². The molecule has 2 aromatic rings. The summed E-state index contributed by atoms with van der Waals surface area (Å²) in [4.78, 5) is 15.8. The molecule has 27 heavy (non-hydrogen) atoms. The van der Waals surface area contributed by atoms with Crippen molar-refractivity contribution in [2.24, 2.45) is 0 Å². The summed E-state index contributed by atoms with van der Waals surface area (Å²) >= 11 is 7.65. The maximum absolute atomic E-state index is 12.2. The van der Waals surface area contributed by atoms with E-state index in [0.717, 1.165) is 43.1 Å². The van der Waals surface area contributed by atoms with Crippen molar-refractivity contribution in [1.29, 1.82) is 0 Å². The van der Waals surface area contributed by atoms with E-state index in [1.165, 1.54) is 10.5 Å². The topological polar surface area (TPSA) is 32.3 Å². The zero-order chi connectivity index (χ0) is 19.1. The van der Waals surface area contributed by atoms with Crippen LogP contribution in [-0.4, -0.2) is 36.2 Å². The Labute approximate surface area is 170 Å². The largest absolute Gasteiger partial charge is 0.350 e. The van der Waals surface area contributed by atoms with Crippen LogP contribution < -0.4 is 5.32 Å². The van der Waals surface area contributed by atoms with Gasteiger partial charge in [0.1, 0.15) is 0 Å². The van der Waals surface area contributed by atoms with E-state index in [0.29, 0.717) is 0 Å². The molecule has 3 rings (SSSR count). The lowest BCUT2D eigenvalue weighted by Gasteiger charge is -2.32. The second-order valence-corrected chi connectivity index (χ2v) is 8.11. The molecule has 0 unspecified atom stereocenters. The van der Waals surface area contributed by atoms with E-state index in [1.54, 1.807) is 17.8 Å². The molecule has 0 saturated carbocycles. The Morgan fingerprint density at radius 2 is 1.81 bits per heavy atom. The van der Waals surface area contributed by atoms with Crippen LogP contribution in [0, 0.1) is 0 Å². The molecule has 3 nitrogen and oxygen atoms in total. The van der Waals surface area contributed by atoms with Gasteiger partial charge in [0.05, 0.1) is 0 Å². The lowest BCUT2D eigenvalue weighted by atomic mass is 10.0. The van der Waals surface area contributed by atoms with Gasteiger partial charge in [-0.05, 0) is 60.6 Å². The Bertz CT molecular complexity index is 766. The first-order valence-electron chi connectivity index (χ1n) is 9.22. The quantitative estimate of drug-likeness (QED) is 0.555. The highest BCUT2D eigenvalue weighted by Crippen LogP contribution is 2.17. The van der Waals surface area contributed by atoms with Gasteiger partial charge in [-0.3, -0.25) is 9.69 Å². The van der Waals surface area contributed by atoms with Crippen molar-refractivity contribution in [3.8, 4) is 0 Å². The van der Waals surface area contributed by atoms with Crippen LogP contribution in [0.2, 0.25) is 5.02 Å². The standard InChI is InChI=1S/C22H25ClN2OS/c1-27-21-9-4-17(5-10-21)6-11-22(26)24-20-12-14-25(15-13-20)16-18-2-7-19(23)8-3-18/h2-11,20H,12-16H2,1H3,(H,24,26)/b11-6+. The molecular weight excluding hydrogens is 376 g/mol. The van der Waals surface area contributed by atoms with Crippen LogP contribution in [0.25, 0.3) is 6.08 Å². The summed E-state index contributed by atoms with van der Waals surface area (Å²) in [6.45, 7) is 2.92. The Balaban J connectivity index is 1.42. The van der Waals surface area contributed by atoms with Crippen molar-refractivity contribution in [3.05, 3.63) is 70.8 Å². The highest BCUT2D eigenvalue weighted by molar-refractivity contribution is 7.98. The Morgan fingerprint density at radius 3 is 2.44 bits per heavy atom. The van der Waals surface area contributed by atoms with E-state index in [4.69, 9.17) is 11.6 Å². The lowest BCUT2D eigenvalue weighted by Crippen LogP contribution is -2.43. The van der Waals surface area contributed by atoms with Crippen LogP contribution in [0.1, 0.15) is 24.0 Å². The first-order valence-corrected chi connectivity index (χ1v) is 10.8. The van der Waals surface area contributed by atoms with Crippen molar-refractivity contribution >= 4 is 35.3 Å². The normalized spacial score (nSPS) is 15.9. The fourth-order valence-electron chi connectivity index (χ4n) is 3.22. The first-order chi connectivity index (χ1) is 13.1. The van der Waals surface area contributed by atoms with Crippen molar-refractivity contribution < 1.29 is 4.79 Å². The minimum absolute atomic E-state index is 0.0138. The highest BCUT2D eigenvalue weighted by atomic mass is 35.5. The molecule has 1 amide bonds. The van der Waals surface area contributed by atoms with Gasteiger partial charge in [-0.1, -0.05) is 35.9 Å². The zero-order valence-corrected chi connectivity index (χ0v) is 17.1. The summed E-state index contributed by atoms with van der Waals surface area (Å²) < 4.78 is 0.